The molecule has 0 aromatic rings. The van der Waals surface area contributed by atoms with Crippen LogP contribution in [0.25, 0.3) is 0 Å². The van der Waals surface area contributed by atoms with E-state index in [4.69, 9.17) is 5.11 Å². The first-order chi connectivity index (χ1) is 6.02. The molecule has 1 fully saturated rings. The fourth-order valence-electron chi connectivity index (χ4n) is 1.86. The Morgan fingerprint density at radius 3 is 2.62 bits per heavy atom. The van der Waals surface area contributed by atoms with Gasteiger partial charge in [-0.15, -0.1) is 0 Å². The lowest BCUT2D eigenvalue weighted by atomic mass is 9.81. The molecule has 0 amide bonds. The van der Waals surface area contributed by atoms with Crippen LogP contribution in [0.15, 0.2) is 0 Å². The molecule has 0 radical (unpaired) electrons. The third-order valence-corrected chi connectivity index (χ3v) is 2.69. The third kappa shape index (κ3) is 2.95. The minimum Gasteiger partial charge on any atom is -0.481 e. The highest BCUT2D eigenvalue weighted by Gasteiger charge is 2.36. The molecule has 0 aromatic heterocycles. The Morgan fingerprint density at radius 2 is 2.15 bits per heavy atom. The first-order valence-electron chi connectivity index (χ1n) is 4.64. The normalized spacial score (nSPS) is 23.8. The Bertz CT molecular complexity index is 188. The second kappa shape index (κ2) is 4.05. The molecule has 1 unspecified atom stereocenters. The Balaban J connectivity index is 2.50. The summed E-state index contributed by atoms with van der Waals surface area (Å²) in [4.78, 5) is 10.4. The molecule has 13 heavy (non-hydrogen) atoms. The van der Waals surface area contributed by atoms with E-state index in [0.717, 1.165) is 25.9 Å². The zero-order valence-corrected chi connectivity index (χ0v) is 7.85. The van der Waals surface area contributed by atoms with E-state index in [1.165, 1.54) is 6.92 Å². The molecule has 0 aromatic carbocycles. The maximum Gasteiger partial charge on any atom is 0.306 e. The molecular weight excluding hydrogens is 173 g/mol. The standard InChI is InChI=1S/C9H16FNO2/c1-9(10,6-8(12)13)7-2-4-11-5-3-7/h7,11H,2-6H2,1H3,(H,12,13). The number of piperidine rings is 1. The first kappa shape index (κ1) is 10.4. The van der Waals surface area contributed by atoms with Crippen LogP contribution in [0.5, 0.6) is 0 Å². The summed E-state index contributed by atoms with van der Waals surface area (Å²) in [5, 5.41) is 11.7. The summed E-state index contributed by atoms with van der Waals surface area (Å²) >= 11 is 0. The molecule has 4 heteroatoms. The van der Waals surface area contributed by atoms with Crippen molar-refractivity contribution in [1.82, 2.24) is 5.32 Å². The largest absolute Gasteiger partial charge is 0.481 e. The number of nitrogens with one attached hydrogen (secondary N) is 1. The number of alkyl halides is 1. The second-order valence-corrected chi connectivity index (χ2v) is 3.87. The third-order valence-electron chi connectivity index (χ3n) is 2.69. The van der Waals surface area contributed by atoms with Gasteiger partial charge in [-0.25, -0.2) is 4.39 Å². The van der Waals surface area contributed by atoms with Gasteiger partial charge in [0.25, 0.3) is 0 Å². The Labute approximate surface area is 77.3 Å². The van der Waals surface area contributed by atoms with Gasteiger partial charge in [0, 0.05) is 0 Å². The van der Waals surface area contributed by atoms with Gasteiger partial charge in [-0.1, -0.05) is 0 Å². The Hall–Kier alpha value is -0.640. The SMILES string of the molecule is CC(F)(CC(=O)O)C1CCNCC1. The summed E-state index contributed by atoms with van der Waals surface area (Å²) in [7, 11) is 0. The lowest BCUT2D eigenvalue weighted by molar-refractivity contribution is -0.141. The number of rotatable bonds is 3. The number of aliphatic carboxylic acids is 1. The topological polar surface area (TPSA) is 49.3 Å². The van der Waals surface area contributed by atoms with Crippen LogP contribution in [0, 0.1) is 5.92 Å². The number of carboxylic acid groups (broad SMARTS) is 1. The van der Waals surface area contributed by atoms with Gasteiger partial charge in [-0.05, 0) is 38.8 Å². The highest BCUT2D eigenvalue weighted by atomic mass is 19.1. The summed E-state index contributed by atoms with van der Waals surface area (Å²) in [5.41, 5.74) is -1.55. The minimum atomic E-state index is -1.55. The lowest BCUT2D eigenvalue weighted by Crippen LogP contribution is -2.40. The zero-order valence-electron chi connectivity index (χ0n) is 7.85. The fraction of sp³-hybridized carbons (Fsp3) is 0.889. The van der Waals surface area contributed by atoms with E-state index >= 15 is 0 Å². The first-order valence-corrected chi connectivity index (χ1v) is 4.64. The summed E-state index contributed by atoms with van der Waals surface area (Å²) < 4.78 is 13.8. The van der Waals surface area contributed by atoms with Gasteiger partial charge in [0.1, 0.15) is 5.67 Å². The number of hydrogen-bond donors (Lipinski definition) is 2. The van der Waals surface area contributed by atoms with Gasteiger partial charge in [0.05, 0.1) is 6.42 Å². The summed E-state index contributed by atoms with van der Waals surface area (Å²) in [6, 6.07) is 0. The summed E-state index contributed by atoms with van der Waals surface area (Å²) in [5.74, 6) is -1.16. The van der Waals surface area contributed by atoms with E-state index in [9.17, 15) is 9.18 Å². The Morgan fingerprint density at radius 1 is 1.62 bits per heavy atom. The van der Waals surface area contributed by atoms with Crippen LogP contribution >= 0.6 is 0 Å². The maximum absolute atomic E-state index is 13.8. The number of carbonyl (C=O) groups is 1. The summed E-state index contributed by atoms with van der Waals surface area (Å²) in [6.45, 7) is 2.99. The quantitative estimate of drug-likeness (QED) is 0.701. The average Bonchev–Trinajstić information content (AvgIpc) is 2.04. The predicted octanol–water partition coefficient (Wildman–Crippen LogP) is 1.19. The maximum atomic E-state index is 13.8. The van der Waals surface area contributed by atoms with E-state index in [1.54, 1.807) is 0 Å². The van der Waals surface area contributed by atoms with Gasteiger partial charge < -0.3 is 10.4 Å². The van der Waals surface area contributed by atoms with Crippen LogP contribution in [-0.2, 0) is 4.79 Å². The van der Waals surface area contributed by atoms with Crippen molar-refractivity contribution in [3.63, 3.8) is 0 Å². The molecule has 0 bridgehead atoms. The van der Waals surface area contributed by atoms with Gasteiger partial charge in [-0.3, -0.25) is 4.79 Å². The van der Waals surface area contributed by atoms with Crippen molar-refractivity contribution in [3.05, 3.63) is 0 Å². The van der Waals surface area contributed by atoms with Crippen LogP contribution in [0.2, 0.25) is 0 Å². The van der Waals surface area contributed by atoms with Crippen LogP contribution in [0.4, 0.5) is 4.39 Å². The zero-order chi connectivity index (χ0) is 9.90. The van der Waals surface area contributed by atoms with Gasteiger partial charge in [0.15, 0.2) is 0 Å². The van der Waals surface area contributed by atoms with Crippen LogP contribution in [0.1, 0.15) is 26.2 Å². The van der Waals surface area contributed by atoms with Crippen molar-refractivity contribution in [2.45, 2.75) is 31.9 Å². The molecule has 1 rings (SSSR count). The van der Waals surface area contributed by atoms with Crippen molar-refractivity contribution < 1.29 is 14.3 Å². The molecule has 0 spiro atoms. The highest BCUT2D eigenvalue weighted by Crippen LogP contribution is 2.32. The van der Waals surface area contributed by atoms with Crippen molar-refractivity contribution in [2.24, 2.45) is 5.92 Å². The molecule has 0 aliphatic carbocycles. The fourth-order valence-corrected chi connectivity index (χ4v) is 1.86. The monoisotopic (exact) mass is 189 g/mol. The van der Waals surface area contributed by atoms with Crippen molar-refractivity contribution >= 4 is 5.97 Å². The van der Waals surface area contributed by atoms with E-state index in [2.05, 4.69) is 5.32 Å². The molecule has 3 nitrogen and oxygen atoms in total. The van der Waals surface area contributed by atoms with E-state index in [-0.39, 0.29) is 12.3 Å². The van der Waals surface area contributed by atoms with Gasteiger partial charge in [0.2, 0.25) is 0 Å². The van der Waals surface area contributed by atoms with Gasteiger partial charge in [-0.2, -0.15) is 0 Å². The van der Waals surface area contributed by atoms with Crippen molar-refractivity contribution in [1.29, 1.82) is 0 Å². The van der Waals surface area contributed by atoms with Crippen molar-refractivity contribution in [3.8, 4) is 0 Å². The van der Waals surface area contributed by atoms with E-state index in [0.29, 0.717) is 0 Å². The van der Waals surface area contributed by atoms with Gasteiger partial charge >= 0.3 is 5.97 Å². The minimum absolute atomic E-state index is 0.107. The predicted molar refractivity (Wildman–Crippen MR) is 47.4 cm³/mol. The van der Waals surface area contributed by atoms with E-state index in [1.807, 2.05) is 0 Å². The molecule has 0 saturated carbocycles. The molecule has 1 aliphatic heterocycles. The number of hydrogen-bond acceptors (Lipinski definition) is 2. The highest BCUT2D eigenvalue weighted by molar-refractivity contribution is 5.68. The summed E-state index contributed by atoms with van der Waals surface area (Å²) in [6.07, 6.45) is 1.10. The smallest absolute Gasteiger partial charge is 0.306 e. The molecule has 1 atom stereocenters. The average molecular weight is 189 g/mol. The molecular formula is C9H16FNO2. The molecule has 2 N–H and O–H groups in total. The number of halogens is 1. The molecule has 1 aliphatic rings. The van der Waals surface area contributed by atoms with Crippen molar-refractivity contribution in [2.75, 3.05) is 13.1 Å². The number of carboxylic acids is 1. The molecule has 76 valence electrons. The molecule has 1 saturated heterocycles. The van der Waals surface area contributed by atoms with E-state index < -0.39 is 11.6 Å². The lowest BCUT2D eigenvalue weighted by Gasteiger charge is -2.32. The molecule has 1 heterocycles. The Kier molecular flexibility index (Phi) is 3.25. The van der Waals surface area contributed by atoms with Crippen LogP contribution in [-0.4, -0.2) is 29.8 Å². The van der Waals surface area contributed by atoms with Crippen LogP contribution in [0.3, 0.4) is 0 Å². The second-order valence-electron chi connectivity index (χ2n) is 3.87. The van der Waals surface area contributed by atoms with Crippen LogP contribution < -0.4 is 5.32 Å².